The van der Waals surface area contributed by atoms with Crippen LogP contribution in [0.3, 0.4) is 0 Å². The van der Waals surface area contributed by atoms with Gasteiger partial charge in [-0.25, -0.2) is 9.37 Å². The minimum Gasteiger partial charge on any atom is -0.386 e. The van der Waals surface area contributed by atoms with Crippen LogP contribution in [0, 0.1) is 5.82 Å². The molecule has 0 radical (unpaired) electrons. The summed E-state index contributed by atoms with van der Waals surface area (Å²) in [6.07, 6.45) is -3.45. The number of halogens is 2. The van der Waals surface area contributed by atoms with Crippen molar-refractivity contribution in [2.75, 3.05) is 24.9 Å². The van der Waals surface area contributed by atoms with Crippen molar-refractivity contribution >= 4 is 43.6 Å². The zero-order valence-corrected chi connectivity index (χ0v) is 22.1. The highest BCUT2D eigenvalue weighted by Gasteiger charge is 2.35. The number of aromatic nitrogens is 3. The summed E-state index contributed by atoms with van der Waals surface area (Å²) in [5.74, 6) is -1.55. The largest absolute Gasteiger partial charge is 0.386 e. The van der Waals surface area contributed by atoms with Crippen LogP contribution in [0.2, 0.25) is 5.28 Å². The normalized spacial score (nSPS) is 17.2. The summed E-state index contributed by atoms with van der Waals surface area (Å²) in [5, 5.41) is 24.8. The summed E-state index contributed by atoms with van der Waals surface area (Å²) in [5.41, 5.74) is 0.756. The Labute approximate surface area is 215 Å². The lowest BCUT2D eigenvalue weighted by atomic mass is 10.1. The number of anilines is 1. The molecule has 0 aliphatic heterocycles. The highest BCUT2D eigenvalue weighted by Crippen LogP contribution is 2.55. The summed E-state index contributed by atoms with van der Waals surface area (Å²) in [4.78, 5) is 35.7. The zero-order chi connectivity index (χ0) is 27.5. The molecule has 37 heavy (non-hydrogen) atoms. The molecule has 3 aromatic rings. The van der Waals surface area contributed by atoms with Crippen LogP contribution in [0.25, 0.3) is 11.0 Å². The van der Waals surface area contributed by atoms with E-state index < -0.39 is 52.0 Å². The van der Waals surface area contributed by atoms with Crippen LogP contribution in [0.5, 0.6) is 0 Å². The van der Waals surface area contributed by atoms with Gasteiger partial charge in [0.25, 0.3) is 0 Å². The maximum absolute atomic E-state index is 13.6. The van der Waals surface area contributed by atoms with Gasteiger partial charge in [0, 0.05) is 13.3 Å². The smallest absolute Gasteiger partial charge is 0.340 e. The minimum atomic E-state index is -4.85. The van der Waals surface area contributed by atoms with Gasteiger partial charge >= 0.3 is 15.2 Å². The standard InChI is InChI=1S/C20H26ClFN4O9P2/c1-11(12-4-3-5-13(22)8-12)23-17-14-6-7-26(18(14)25-20(21)24-17)19(28)16(27)15(34-2)9-35-37(32,33)10-36(29,30)31/h3-8,11,15-16,19,27-28H,9-10H2,1-2H3,(H,32,33)(H,23,24,25)(H2,29,30,31)/t11-,15+,16+,19+/m0/s1. The molecule has 0 aliphatic rings. The van der Waals surface area contributed by atoms with E-state index in [0.29, 0.717) is 10.9 Å². The molecule has 0 fully saturated rings. The lowest BCUT2D eigenvalue weighted by Crippen LogP contribution is -2.39. The van der Waals surface area contributed by atoms with Crippen LogP contribution >= 0.6 is 26.8 Å². The Balaban J connectivity index is 1.82. The molecular weight excluding hydrogens is 557 g/mol. The van der Waals surface area contributed by atoms with Crippen molar-refractivity contribution in [2.45, 2.75) is 31.4 Å². The predicted molar refractivity (Wildman–Crippen MR) is 132 cm³/mol. The van der Waals surface area contributed by atoms with Gasteiger partial charge in [0.15, 0.2) is 12.1 Å². The van der Waals surface area contributed by atoms with Crippen LogP contribution < -0.4 is 5.32 Å². The fourth-order valence-electron chi connectivity index (χ4n) is 3.52. The van der Waals surface area contributed by atoms with Gasteiger partial charge in [-0.1, -0.05) is 12.1 Å². The van der Waals surface area contributed by atoms with E-state index in [4.69, 9.17) is 30.6 Å². The molecular formula is C20H26ClFN4O9P2. The second kappa shape index (κ2) is 11.8. The first-order valence-electron chi connectivity index (χ1n) is 10.7. The number of fused-ring (bicyclic) bond motifs is 1. The van der Waals surface area contributed by atoms with Crippen LogP contribution in [-0.4, -0.2) is 71.3 Å². The molecule has 1 unspecified atom stereocenters. The Morgan fingerprint density at radius 3 is 2.51 bits per heavy atom. The van der Waals surface area contributed by atoms with Gasteiger partial charge in [0.1, 0.15) is 29.5 Å². The number of benzene rings is 1. The molecule has 0 aliphatic carbocycles. The number of nitrogens with zero attached hydrogens (tertiary/aromatic N) is 3. The summed E-state index contributed by atoms with van der Waals surface area (Å²) < 4.78 is 47.5. The predicted octanol–water partition coefficient (Wildman–Crippen LogP) is 2.60. The highest BCUT2D eigenvalue weighted by molar-refractivity contribution is 7.70. The molecule has 6 N–H and O–H groups in total. The van der Waals surface area contributed by atoms with Crippen molar-refractivity contribution in [3.05, 3.63) is 53.2 Å². The van der Waals surface area contributed by atoms with Gasteiger partial charge in [-0.05, 0) is 42.3 Å². The second-order valence-electron chi connectivity index (χ2n) is 8.14. The molecule has 0 saturated carbocycles. The Hall–Kier alpha value is -1.96. The minimum absolute atomic E-state index is 0.116. The first-order valence-corrected chi connectivity index (χ1v) is 14.6. The van der Waals surface area contributed by atoms with E-state index in [1.54, 1.807) is 25.1 Å². The van der Waals surface area contributed by atoms with Crippen LogP contribution in [0.15, 0.2) is 36.5 Å². The maximum atomic E-state index is 13.6. The monoisotopic (exact) mass is 582 g/mol. The molecule has 2 aromatic heterocycles. The van der Waals surface area contributed by atoms with E-state index in [1.807, 2.05) is 0 Å². The number of nitrogens with one attached hydrogen (secondary N) is 1. The summed E-state index contributed by atoms with van der Waals surface area (Å²) in [7, 11) is -8.43. The molecule has 0 amide bonds. The molecule has 0 bridgehead atoms. The molecule has 204 valence electrons. The Bertz CT molecular complexity index is 1340. The molecule has 17 heteroatoms. The molecule has 13 nitrogen and oxygen atoms in total. The molecule has 2 heterocycles. The van der Waals surface area contributed by atoms with Crippen LogP contribution in [0.4, 0.5) is 10.2 Å². The average Bonchev–Trinajstić information content (AvgIpc) is 3.21. The van der Waals surface area contributed by atoms with E-state index in [0.717, 1.165) is 11.7 Å². The fraction of sp³-hybridized carbons (Fsp3) is 0.400. The Kier molecular flexibility index (Phi) is 9.46. The van der Waals surface area contributed by atoms with E-state index in [2.05, 4.69) is 15.3 Å². The number of hydrogen-bond donors (Lipinski definition) is 6. The SMILES string of the molecule is CO[C@H](COP(=O)(O)CP(=O)(O)O)[C@@H](O)[C@@H](O)n1ccc2c(N[C@@H](C)c3cccc(F)c3)nc(Cl)nc21. The summed E-state index contributed by atoms with van der Waals surface area (Å²) >= 11 is 6.09. The number of hydrogen-bond acceptors (Lipinski definition) is 9. The van der Waals surface area contributed by atoms with E-state index in [1.165, 1.54) is 18.3 Å². The molecule has 0 spiro atoms. The van der Waals surface area contributed by atoms with Crippen molar-refractivity contribution in [3.63, 3.8) is 0 Å². The fourth-order valence-corrected chi connectivity index (χ4v) is 6.25. The third-order valence-corrected chi connectivity index (χ3v) is 8.95. The molecule has 5 atom stereocenters. The summed E-state index contributed by atoms with van der Waals surface area (Å²) in [6.45, 7) is 1.01. The quantitative estimate of drug-likeness (QED) is 0.135. The van der Waals surface area contributed by atoms with E-state index >= 15 is 0 Å². The van der Waals surface area contributed by atoms with Crippen molar-refractivity contribution in [1.82, 2.24) is 14.5 Å². The topological polar surface area (TPSA) is 196 Å². The first-order chi connectivity index (χ1) is 17.2. The third kappa shape index (κ3) is 7.78. The van der Waals surface area contributed by atoms with Gasteiger partial charge in [0.2, 0.25) is 5.28 Å². The average molecular weight is 583 g/mol. The van der Waals surface area contributed by atoms with Crippen molar-refractivity contribution < 1.29 is 47.7 Å². The Morgan fingerprint density at radius 2 is 1.89 bits per heavy atom. The Morgan fingerprint density at radius 1 is 1.19 bits per heavy atom. The van der Waals surface area contributed by atoms with Crippen molar-refractivity contribution in [2.24, 2.45) is 0 Å². The lowest BCUT2D eigenvalue weighted by Gasteiger charge is -2.27. The first kappa shape index (κ1) is 29.6. The van der Waals surface area contributed by atoms with E-state index in [9.17, 15) is 28.6 Å². The van der Waals surface area contributed by atoms with Gasteiger partial charge in [-0.2, -0.15) is 4.98 Å². The number of methoxy groups -OCH3 is 1. The number of aliphatic hydroxyl groups excluding tert-OH is 2. The summed E-state index contributed by atoms with van der Waals surface area (Å²) in [6, 6.07) is 7.13. The van der Waals surface area contributed by atoms with Gasteiger partial charge in [0.05, 0.1) is 18.0 Å². The van der Waals surface area contributed by atoms with Crippen molar-refractivity contribution in [3.8, 4) is 0 Å². The van der Waals surface area contributed by atoms with Crippen LogP contribution in [-0.2, 0) is 18.4 Å². The van der Waals surface area contributed by atoms with Gasteiger partial charge in [-0.3, -0.25) is 9.13 Å². The van der Waals surface area contributed by atoms with Gasteiger partial charge in [-0.15, -0.1) is 0 Å². The number of rotatable bonds is 12. The van der Waals surface area contributed by atoms with E-state index in [-0.39, 0.29) is 22.8 Å². The van der Waals surface area contributed by atoms with Crippen molar-refractivity contribution in [1.29, 1.82) is 0 Å². The van der Waals surface area contributed by atoms with Gasteiger partial charge < -0.3 is 44.0 Å². The maximum Gasteiger partial charge on any atom is 0.340 e. The van der Waals surface area contributed by atoms with Crippen LogP contribution in [0.1, 0.15) is 24.8 Å². The third-order valence-electron chi connectivity index (χ3n) is 5.32. The number of aliphatic hydroxyl groups is 2. The lowest BCUT2D eigenvalue weighted by molar-refractivity contribution is -0.113. The molecule has 0 saturated heterocycles. The highest BCUT2D eigenvalue weighted by atomic mass is 35.5. The number of ether oxygens (including phenoxy) is 1. The zero-order valence-electron chi connectivity index (χ0n) is 19.5. The molecule has 3 rings (SSSR count). The second-order valence-corrected chi connectivity index (χ2v) is 12.5. The molecule has 1 aromatic carbocycles.